The molecular weight excluding hydrogens is 344 g/mol. The summed E-state index contributed by atoms with van der Waals surface area (Å²) < 4.78 is 0. The summed E-state index contributed by atoms with van der Waals surface area (Å²) in [6, 6.07) is 4.81. The number of hydrogen-bond donors (Lipinski definition) is 3. The lowest BCUT2D eigenvalue weighted by molar-refractivity contribution is -0.126. The van der Waals surface area contributed by atoms with Crippen LogP contribution < -0.4 is 16.0 Å². The molecule has 1 aliphatic rings. The molecule has 146 valence electrons. The van der Waals surface area contributed by atoms with E-state index < -0.39 is 0 Å². The molecule has 1 amide bonds. The average Bonchev–Trinajstić information content (AvgIpc) is 3.11. The van der Waals surface area contributed by atoms with Gasteiger partial charge in [0, 0.05) is 36.5 Å². The van der Waals surface area contributed by atoms with E-state index in [1.807, 2.05) is 32.2 Å². The second-order valence-corrected chi connectivity index (χ2v) is 8.74. The monoisotopic (exact) mass is 378 g/mol. The van der Waals surface area contributed by atoms with Gasteiger partial charge in [0.05, 0.1) is 0 Å². The summed E-state index contributed by atoms with van der Waals surface area (Å²) in [5, 5.41) is 12.1. The Morgan fingerprint density at radius 3 is 2.81 bits per heavy atom. The van der Waals surface area contributed by atoms with Gasteiger partial charge in [0.1, 0.15) is 0 Å². The highest BCUT2D eigenvalue weighted by Crippen LogP contribution is 2.24. The number of nitrogens with one attached hydrogen (secondary N) is 3. The molecule has 0 bridgehead atoms. The predicted molar refractivity (Wildman–Crippen MR) is 111 cm³/mol. The SMILES string of the molecule is CN=C(NCC(C)Cc1cccs1)NC1CCCC(C(=O)NC(C)C)C1. The van der Waals surface area contributed by atoms with Crippen LogP contribution in [0.25, 0.3) is 0 Å². The molecule has 0 radical (unpaired) electrons. The van der Waals surface area contributed by atoms with Crippen LogP contribution in [0.5, 0.6) is 0 Å². The van der Waals surface area contributed by atoms with Gasteiger partial charge in [-0.2, -0.15) is 0 Å². The van der Waals surface area contributed by atoms with Crippen LogP contribution in [-0.4, -0.2) is 37.5 Å². The van der Waals surface area contributed by atoms with Crippen LogP contribution in [0.1, 0.15) is 51.3 Å². The van der Waals surface area contributed by atoms with Crippen molar-refractivity contribution in [2.45, 2.75) is 65.0 Å². The van der Waals surface area contributed by atoms with Crippen molar-refractivity contribution in [2.24, 2.45) is 16.8 Å². The van der Waals surface area contributed by atoms with E-state index in [9.17, 15) is 4.79 Å². The van der Waals surface area contributed by atoms with Crippen LogP contribution in [-0.2, 0) is 11.2 Å². The van der Waals surface area contributed by atoms with Crippen molar-refractivity contribution in [1.29, 1.82) is 0 Å². The highest BCUT2D eigenvalue weighted by atomic mass is 32.1. The van der Waals surface area contributed by atoms with E-state index in [0.717, 1.165) is 44.6 Å². The zero-order valence-electron chi connectivity index (χ0n) is 16.5. The van der Waals surface area contributed by atoms with Gasteiger partial charge in [-0.1, -0.05) is 19.4 Å². The molecule has 0 spiro atoms. The summed E-state index contributed by atoms with van der Waals surface area (Å²) in [6.07, 6.45) is 5.13. The van der Waals surface area contributed by atoms with Crippen molar-refractivity contribution < 1.29 is 4.79 Å². The molecule has 1 saturated carbocycles. The van der Waals surface area contributed by atoms with Crippen LogP contribution in [0.15, 0.2) is 22.5 Å². The highest BCUT2D eigenvalue weighted by molar-refractivity contribution is 7.09. The standard InChI is InChI=1S/C20H34N4OS/c1-14(2)23-19(25)16-7-5-8-17(12-16)24-20(21-4)22-13-15(3)11-18-9-6-10-26-18/h6,9-10,14-17H,5,7-8,11-13H2,1-4H3,(H,23,25)(H2,21,22,24). The minimum atomic E-state index is 0.111. The van der Waals surface area contributed by atoms with Crippen LogP contribution in [0.4, 0.5) is 0 Å². The summed E-state index contributed by atoms with van der Waals surface area (Å²) in [6.45, 7) is 7.17. The molecule has 0 aromatic carbocycles. The smallest absolute Gasteiger partial charge is 0.223 e. The molecule has 1 aliphatic carbocycles. The number of thiophene rings is 1. The quantitative estimate of drug-likeness (QED) is 0.504. The lowest BCUT2D eigenvalue weighted by Gasteiger charge is -2.30. The number of rotatable bonds is 7. The Labute approximate surface area is 162 Å². The van der Waals surface area contributed by atoms with E-state index in [4.69, 9.17) is 0 Å². The maximum Gasteiger partial charge on any atom is 0.223 e. The highest BCUT2D eigenvalue weighted by Gasteiger charge is 2.28. The fourth-order valence-corrected chi connectivity index (χ4v) is 4.33. The zero-order chi connectivity index (χ0) is 18.9. The van der Waals surface area contributed by atoms with Gasteiger partial charge >= 0.3 is 0 Å². The Morgan fingerprint density at radius 1 is 1.35 bits per heavy atom. The molecule has 1 aromatic rings. The van der Waals surface area contributed by atoms with Gasteiger partial charge in [-0.05, 0) is 56.9 Å². The first-order chi connectivity index (χ1) is 12.5. The number of hydrogen-bond acceptors (Lipinski definition) is 3. The molecule has 3 unspecified atom stereocenters. The van der Waals surface area contributed by atoms with Crippen molar-refractivity contribution in [3.05, 3.63) is 22.4 Å². The van der Waals surface area contributed by atoms with Crippen molar-refractivity contribution in [1.82, 2.24) is 16.0 Å². The molecule has 26 heavy (non-hydrogen) atoms. The van der Waals surface area contributed by atoms with E-state index in [0.29, 0.717) is 12.0 Å². The van der Waals surface area contributed by atoms with Crippen LogP contribution in [0.2, 0.25) is 0 Å². The Kier molecular flexibility index (Phi) is 8.42. The lowest BCUT2D eigenvalue weighted by atomic mass is 9.85. The van der Waals surface area contributed by atoms with Gasteiger partial charge in [-0.25, -0.2) is 0 Å². The lowest BCUT2D eigenvalue weighted by Crippen LogP contribution is -2.48. The number of carbonyl (C=O) groups is 1. The van der Waals surface area contributed by atoms with E-state index in [1.54, 1.807) is 0 Å². The second-order valence-electron chi connectivity index (χ2n) is 7.71. The first-order valence-corrected chi connectivity index (χ1v) is 10.7. The number of aliphatic imine (C=N–C) groups is 1. The van der Waals surface area contributed by atoms with Crippen molar-refractivity contribution in [2.75, 3.05) is 13.6 Å². The van der Waals surface area contributed by atoms with Crippen LogP contribution >= 0.6 is 11.3 Å². The predicted octanol–water partition coefficient (Wildman–Crippen LogP) is 3.18. The van der Waals surface area contributed by atoms with Crippen LogP contribution in [0.3, 0.4) is 0 Å². The molecule has 6 heteroatoms. The zero-order valence-corrected chi connectivity index (χ0v) is 17.4. The first kappa shape index (κ1) is 20.7. The van der Waals surface area contributed by atoms with Gasteiger partial charge in [-0.15, -0.1) is 11.3 Å². The van der Waals surface area contributed by atoms with Gasteiger partial charge in [-0.3, -0.25) is 9.79 Å². The Hall–Kier alpha value is -1.56. The van der Waals surface area contributed by atoms with Crippen molar-refractivity contribution in [3.63, 3.8) is 0 Å². The van der Waals surface area contributed by atoms with E-state index in [-0.39, 0.29) is 17.9 Å². The molecule has 3 N–H and O–H groups in total. The number of nitrogens with zero attached hydrogens (tertiary/aromatic N) is 1. The van der Waals surface area contributed by atoms with E-state index >= 15 is 0 Å². The fraction of sp³-hybridized carbons (Fsp3) is 0.700. The number of amides is 1. The van der Waals surface area contributed by atoms with Gasteiger partial charge in [0.25, 0.3) is 0 Å². The minimum Gasteiger partial charge on any atom is -0.356 e. The Morgan fingerprint density at radius 2 is 2.15 bits per heavy atom. The third kappa shape index (κ3) is 6.98. The van der Waals surface area contributed by atoms with Gasteiger partial charge in [0.15, 0.2) is 5.96 Å². The van der Waals surface area contributed by atoms with Crippen molar-refractivity contribution in [3.8, 4) is 0 Å². The molecule has 3 atom stereocenters. The second kappa shape index (κ2) is 10.6. The molecule has 5 nitrogen and oxygen atoms in total. The molecule has 1 aromatic heterocycles. The molecule has 1 heterocycles. The third-order valence-electron chi connectivity index (χ3n) is 4.79. The summed E-state index contributed by atoms with van der Waals surface area (Å²) >= 11 is 1.82. The van der Waals surface area contributed by atoms with Gasteiger partial charge in [0.2, 0.25) is 5.91 Å². The maximum absolute atomic E-state index is 12.3. The topological polar surface area (TPSA) is 65.5 Å². The summed E-state index contributed by atoms with van der Waals surface area (Å²) in [5.74, 6) is 1.69. The molecule has 0 aliphatic heterocycles. The first-order valence-electron chi connectivity index (χ1n) is 9.77. The van der Waals surface area contributed by atoms with E-state index in [2.05, 4.69) is 45.4 Å². The normalized spacial score (nSPS) is 22.1. The molecule has 0 saturated heterocycles. The average molecular weight is 379 g/mol. The minimum absolute atomic E-state index is 0.111. The van der Waals surface area contributed by atoms with Crippen molar-refractivity contribution >= 4 is 23.2 Å². The number of guanidine groups is 1. The summed E-state index contributed by atoms with van der Waals surface area (Å²) in [4.78, 5) is 18.1. The number of carbonyl (C=O) groups excluding carboxylic acids is 1. The fourth-order valence-electron chi connectivity index (χ4n) is 3.46. The Bertz CT molecular complexity index is 570. The third-order valence-corrected chi connectivity index (χ3v) is 5.69. The largest absolute Gasteiger partial charge is 0.356 e. The molecular formula is C20H34N4OS. The summed E-state index contributed by atoms with van der Waals surface area (Å²) in [7, 11) is 1.81. The molecule has 2 rings (SSSR count). The van der Waals surface area contributed by atoms with Gasteiger partial charge < -0.3 is 16.0 Å². The van der Waals surface area contributed by atoms with Crippen LogP contribution in [0, 0.1) is 11.8 Å². The molecule has 1 fully saturated rings. The Balaban J connectivity index is 1.76. The van der Waals surface area contributed by atoms with E-state index in [1.165, 1.54) is 4.88 Å². The summed E-state index contributed by atoms with van der Waals surface area (Å²) in [5.41, 5.74) is 0. The maximum atomic E-state index is 12.3.